The molecule has 0 atom stereocenters. The maximum absolute atomic E-state index is 10.4. The third-order valence-electron chi connectivity index (χ3n) is 4.44. The number of para-hydroxylation sites is 1. The van der Waals surface area contributed by atoms with Gasteiger partial charge in [0.15, 0.2) is 11.5 Å². The number of hydrogen-bond donors (Lipinski definition) is 3. The molecule has 0 aliphatic rings. The van der Waals surface area contributed by atoms with Crippen molar-refractivity contribution in [3.05, 3.63) is 23.8 Å². The molecule has 0 saturated heterocycles. The van der Waals surface area contributed by atoms with E-state index >= 15 is 0 Å². The molecule has 0 spiro atoms. The number of rotatable bonds is 14. The fourth-order valence-electron chi connectivity index (χ4n) is 2.96. The first-order valence-electron chi connectivity index (χ1n) is 9.33. The van der Waals surface area contributed by atoms with Crippen molar-refractivity contribution in [3.63, 3.8) is 0 Å². The summed E-state index contributed by atoms with van der Waals surface area (Å²) in [6.45, 7) is 0. The molecule has 0 aliphatic heterocycles. The predicted molar refractivity (Wildman–Crippen MR) is 96.5 cm³/mol. The monoisotopic (exact) mass is 336 g/mol. The van der Waals surface area contributed by atoms with Crippen LogP contribution in [0, 0.1) is 0 Å². The molecule has 136 valence electrons. The Bertz CT molecular complexity index is 471. The van der Waals surface area contributed by atoms with Gasteiger partial charge in [0.1, 0.15) is 0 Å². The highest BCUT2D eigenvalue weighted by atomic mass is 16.4. The molecule has 1 aromatic carbocycles. The van der Waals surface area contributed by atoms with E-state index in [1.165, 1.54) is 44.6 Å². The van der Waals surface area contributed by atoms with Crippen molar-refractivity contribution in [3.8, 4) is 11.5 Å². The number of aryl methyl sites for hydroxylation is 1. The minimum absolute atomic E-state index is 0.0286. The van der Waals surface area contributed by atoms with Crippen LogP contribution >= 0.6 is 0 Å². The van der Waals surface area contributed by atoms with E-state index in [2.05, 4.69) is 0 Å². The van der Waals surface area contributed by atoms with Crippen LogP contribution in [0.2, 0.25) is 0 Å². The van der Waals surface area contributed by atoms with E-state index in [1.54, 1.807) is 6.07 Å². The van der Waals surface area contributed by atoms with E-state index in [4.69, 9.17) is 5.11 Å². The quantitative estimate of drug-likeness (QED) is 0.314. The number of hydrogen-bond acceptors (Lipinski definition) is 3. The molecule has 1 rings (SSSR count). The number of benzene rings is 1. The van der Waals surface area contributed by atoms with Crippen LogP contribution in [0.25, 0.3) is 0 Å². The molecule has 0 aliphatic carbocycles. The molecule has 0 heterocycles. The first-order chi connectivity index (χ1) is 11.6. The van der Waals surface area contributed by atoms with Crippen molar-refractivity contribution in [2.75, 3.05) is 0 Å². The fourth-order valence-corrected chi connectivity index (χ4v) is 2.96. The molecule has 1 aromatic rings. The first kappa shape index (κ1) is 20.3. The van der Waals surface area contributed by atoms with Crippen LogP contribution in [-0.4, -0.2) is 21.3 Å². The smallest absolute Gasteiger partial charge is 0.303 e. The predicted octanol–water partition coefficient (Wildman–Crippen LogP) is 5.41. The lowest BCUT2D eigenvalue weighted by atomic mass is 10.0. The molecule has 0 saturated carbocycles. The Morgan fingerprint density at radius 3 is 1.79 bits per heavy atom. The van der Waals surface area contributed by atoms with Gasteiger partial charge in [-0.1, -0.05) is 69.9 Å². The summed E-state index contributed by atoms with van der Waals surface area (Å²) in [4.78, 5) is 10.4. The zero-order valence-corrected chi connectivity index (χ0v) is 14.7. The Labute approximate surface area is 145 Å². The average Bonchev–Trinajstić information content (AvgIpc) is 2.55. The summed E-state index contributed by atoms with van der Waals surface area (Å²) in [5.74, 6) is -0.689. The molecular weight excluding hydrogens is 304 g/mol. The van der Waals surface area contributed by atoms with Crippen LogP contribution in [0.4, 0.5) is 0 Å². The minimum Gasteiger partial charge on any atom is -0.504 e. The highest BCUT2D eigenvalue weighted by Gasteiger charge is 2.04. The average molecular weight is 336 g/mol. The van der Waals surface area contributed by atoms with Gasteiger partial charge in [-0.05, 0) is 30.9 Å². The normalized spacial score (nSPS) is 10.8. The molecule has 0 bridgehead atoms. The zero-order chi connectivity index (χ0) is 17.6. The molecule has 0 fully saturated rings. The Hall–Kier alpha value is -1.71. The summed E-state index contributed by atoms with van der Waals surface area (Å²) in [5.41, 5.74) is 0.831. The van der Waals surface area contributed by atoms with Gasteiger partial charge in [-0.2, -0.15) is 0 Å². The lowest BCUT2D eigenvalue weighted by molar-refractivity contribution is -0.137. The number of aliphatic carboxylic acids is 1. The van der Waals surface area contributed by atoms with Crippen LogP contribution < -0.4 is 0 Å². The lowest BCUT2D eigenvalue weighted by Crippen LogP contribution is -1.93. The molecule has 0 unspecified atom stereocenters. The highest BCUT2D eigenvalue weighted by molar-refractivity contribution is 5.66. The van der Waals surface area contributed by atoms with E-state index in [9.17, 15) is 15.0 Å². The third-order valence-corrected chi connectivity index (χ3v) is 4.44. The van der Waals surface area contributed by atoms with Gasteiger partial charge in [0.05, 0.1) is 0 Å². The van der Waals surface area contributed by atoms with Crippen molar-refractivity contribution in [2.24, 2.45) is 0 Å². The Kier molecular flexibility index (Phi) is 10.7. The molecule has 3 N–H and O–H groups in total. The molecule has 0 radical (unpaired) electrons. The van der Waals surface area contributed by atoms with E-state index < -0.39 is 5.97 Å². The van der Waals surface area contributed by atoms with E-state index in [-0.39, 0.29) is 11.5 Å². The number of phenols is 2. The van der Waals surface area contributed by atoms with Gasteiger partial charge in [0.2, 0.25) is 0 Å². The van der Waals surface area contributed by atoms with E-state index in [0.717, 1.165) is 44.1 Å². The van der Waals surface area contributed by atoms with Gasteiger partial charge in [0, 0.05) is 6.42 Å². The maximum Gasteiger partial charge on any atom is 0.303 e. The molecule has 0 aromatic heterocycles. The number of phenolic OH excluding ortho intramolecular Hbond substituents is 2. The minimum atomic E-state index is -0.686. The zero-order valence-electron chi connectivity index (χ0n) is 14.7. The van der Waals surface area contributed by atoms with Gasteiger partial charge in [0.25, 0.3) is 0 Å². The Balaban J connectivity index is 1.87. The highest BCUT2D eigenvalue weighted by Crippen LogP contribution is 2.29. The van der Waals surface area contributed by atoms with E-state index in [1.807, 2.05) is 6.07 Å². The summed E-state index contributed by atoms with van der Waals surface area (Å²) in [7, 11) is 0. The molecule has 4 heteroatoms. The molecule has 4 nitrogen and oxygen atoms in total. The molecule has 0 amide bonds. The summed E-state index contributed by atoms with van der Waals surface area (Å²) < 4.78 is 0. The van der Waals surface area contributed by atoms with Crippen LogP contribution in [-0.2, 0) is 11.2 Å². The fraction of sp³-hybridized carbons (Fsp3) is 0.650. The summed E-state index contributed by atoms with van der Waals surface area (Å²) >= 11 is 0. The van der Waals surface area contributed by atoms with Gasteiger partial charge in [-0.3, -0.25) is 4.79 Å². The summed E-state index contributed by atoms with van der Waals surface area (Å²) in [5, 5.41) is 27.7. The van der Waals surface area contributed by atoms with Crippen molar-refractivity contribution in [1.29, 1.82) is 0 Å². The number of unbranched alkanes of at least 4 members (excludes halogenated alkanes) is 10. The van der Waals surface area contributed by atoms with Crippen LogP contribution in [0.5, 0.6) is 11.5 Å². The number of carboxylic acid groups (broad SMARTS) is 1. The topological polar surface area (TPSA) is 77.8 Å². The second-order valence-corrected chi connectivity index (χ2v) is 6.57. The number of carboxylic acids is 1. The summed E-state index contributed by atoms with van der Waals surface area (Å²) in [6, 6.07) is 5.14. The Morgan fingerprint density at radius 2 is 1.25 bits per heavy atom. The van der Waals surface area contributed by atoms with Crippen molar-refractivity contribution in [2.45, 2.75) is 83.5 Å². The largest absolute Gasteiger partial charge is 0.504 e. The standard InChI is InChI=1S/C20H32O4/c21-18-15-12-14-17(20(18)24)13-10-8-6-4-2-1-3-5-7-9-11-16-19(22)23/h12,14-15,21,24H,1-11,13,16H2,(H,22,23). The molecule has 24 heavy (non-hydrogen) atoms. The first-order valence-corrected chi connectivity index (χ1v) is 9.33. The summed E-state index contributed by atoms with van der Waals surface area (Å²) in [6.07, 6.45) is 13.8. The lowest BCUT2D eigenvalue weighted by Gasteiger charge is -2.06. The van der Waals surface area contributed by atoms with Gasteiger partial charge >= 0.3 is 5.97 Å². The van der Waals surface area contributed by atoms with Crippen molar-refractivity contribution >= 4 is 5.97 Å². The Morgan fingerprint density at radius 1 is 0.750 bits per heavy atom. The SMILES string of the molecule is O=C(O)CCCCCCCCCCCCCc1cccc(O)c1O. The molecular formula is C20H32O4. The van der Waals surface area contributed by atoms with Crippen molar-refractivity contribution < 1.29 is 20.1 Å². The van der Waals surface area contributed by atoms with Gasteiger partial charge < -0.3 is 15.3 Å². The van der Waals surface area contributed by atoms with Crippen molar-refractivity contribution in [1.82, 2.24) is 0 Å². The van der Waals surface area contributed by atoms with Crippen LogP contribution in [0.3, 0.4) is 0 Å². The third kappa shape index (κ3) is 9.43. The van der Waals surface area contributed by atoms with Gasteiger partial charge in [-0.25, -0.2) is 0 Å². The second-order valence-electron chi connectivity index (χ2n) is 6.57. The second kappa shape index (κ2) is 12.7. The number of carbonyl (C=O) groups is 1. The van der Waals surface area contributed by atoms with Crippen LogP contribution in [0.1, 0.15) is 82.6 Å². The number of aromatic hydroxyl groups is 2. The van der Waals surface area contributed by atoms with E-state index in [0.29, 0.717) is 6.42 Å². The maximum atomic E-state index is 10.4. The van der Waals surface area contributed by atoms with Gasteiger partial charge in [-0.15, -0.1) is 0 Å². The van der Waals surface area contributed by atoms with Crippen LogP contribution in [0.15, 0.2) is 18.2 Å².